The fourth-order valence-corrected chi connectivity index (χ4v) is 2.78. The Morgan fingerprint density at radius 2 is 1.70 bits per heavy atom. The normalized spacial score (nSPS) is 15.6. The van der Waals surface area contributed by atoms with Gasteiger partial charge in [-0.2, -0.15) is 0 Å². The zero-order valence-corrected chi connectivity index (χ0v) is 13.2. The second-order valence-electron chi connectivity index (χ2n) is 5.68. The van der Waals surface area contributed by atoms with Crippen molar-refractivity contribution >= 4 is 11.7 Å². The maximum Gasteiger partial charge on any atom is 0.321 e. The first kappa shape index (κ1) is 15.6. The molecule has 0 saturated carbocycles. The number of nitrogens with zero attached hydrogens (tertiary/aromatic N) is 3. The number of piperazine rings is 1. The van der Waals surface area contributed by atoms with Gasteiger partial charge in [0.05, 0.1) is 0 Å². The van der Waals surface area contributed by atoms with E-state index in [4.69, 9.17) is 5.73 Å². The van der Waals surface area contributed by atoms with Crippen LogP contribution in [0.2, 0.25) is 0 Å². The molecule has 1 fully saturated rings. The molecule has 2 heterocycles. The first-order valence-electron chi connectivity index (χ1n) is 7.98. The number of nitrogens with one attached hydrogen (secondary N) is 1. The van der Waals surface area contributed by atoms with Gasteiger partial charge in [0.25, 0.3) is 0 Å². The number of carbonyl (C=O) groups excluding carboxylic acids is 1. The maximum atomic E-state index is 12.3. The minimum atomic E-state index is -0.0360. The van der Waals surface area contributed by atoms with Gasteiger partial charge in [0.15, 0.2) is 0 Å². The molecule has 1 saturated heterocycles. The molecule has 2 aromatic rings. The number of rotatable bonds is 4. The third-order valence-electron chi connectivity index (χ3n) is 4.13. The van der Waals surface area contributed by atoms with Crippen molar-refractivity contribution < 1.29 is 4.79 Å². The molecule has 6 nitrogen and oxygen atoms in total. The highest BCUT2D eigenvalue weighted by atomic mass is 16.2. The quantitative estimate of drug-likeness (QED) is 0.901. The molecular weight excluding hydrogens is 290 g/mol. The van der Waals surface area contributed by atoms with Gasteiger partial charge in [-0.15, -0.1) is 0 Å². The summed E-state index contributed by atoms with van der Waals surface area (Å²) >= 11 is 0. The standard InChI is InChI=1S/C17H23N5O/c18-7-10-20-11-13-22(14-12-20)17(23)19-15-3-5-16(6-4-15)21-8-1-2-9-21/h1-6,8-9H,7,10-14,18H2,(H,19,23). The van der Waals surface area contributed by atoms with Crippen molar-refractivity contribution in [3.8, 4) is 5.69 Å². The molecule has 3 N–H and O–H groups in total. The molecule has 6 heteroatoms. The van der Waals surface area contributed by atoms with E-state index in [2.05, 4.69) is 10.2 Å². The van der Waals surface area contributed by atoms with Gasteiger partial charge in [-0.05, 0) is 36.4 Å². The predicted molar refractivity (Wildman–Crippen MR) is 91.9 cm³/mol. The molecule has 1 aromatic heterocycles. The van der Waals surface area contributed by atoms with Crippen LogP contribution in [0, 0.1) is 0 Å². The Bertz CT molecular complexity index is 615. The SMILES string of the molecule is NCCN1CCN(C(=O)Nc2ccc(-n3cccc3)cc2)CC1. The van der Waals surface area contributed by atoms with Crippen LogP contribution in [0.1, 0.15) is 0 Å². The Balaban J connectivity index is 1.54. The van der Waals surface area contributed by atoms with Crippen molar-refractivity contribution in [1.82, 2.24) is 14.4 Å². The van der Waals surface area contributed by atoms with Gasteiger partial charge in [0.1, 0.15) is 0 Å². The summed E-state index contributed by atoms with van der Waals surface area (Å²) in [5.41, 5.74) is 7.45. The number of hydrogen-bond donors (Lipinski definition) is 2. The summed E-state index contributed by atoms with van der Waals surface area (Å²) in [6.07, 6.45) is 3.99. The van der Waals surface area contributed by atoms with Crippen LogP contribution in [0.15, 0.2) is 48.8 Å². The molecule has 0 spiro atoms. The topological polar surface area (TPSA) is 66.5 Å². The Morgan fingerprint density at radius 1 is 1.04 bits per heavy atom. The van der Waals surface area contributed by atoms with Crippen LogP contribution < -0.4 is 11.1 Å². The van der Waals surface area contributed by atoms with Crippen molar-refractivity contribution in [2.75, 3.05) is 44.6 Å². The number of hydrogen-bond acceptors (Lipinski definition) is 3. The number of urea groups is 1. The minimum Gasteiger partial charge on any atom is -0.329 e. The third kappa shape index (κ3) is 3.91. The van der Waals surface area contributed by atoms with Gasteiger partial charge in [0.2, 0.25) is 0 Å². The average Bonchev–Trinajstić information content (AvgIpc) is 3.11. The lowest BCUT2D eigenvalue weighted by atomic mass is 10.2. The van der Waals surface area contributed by atoms with Gasteiger partial charge in [-0.3, -0.25) is 4.90 Å². The molecule has 1 aliphatic heterocycles. The van der Waals surface area contributed by atoms with E-state index in [1.54, 1.807) is 0 Å². The zero-order chi connectivity index (χ0) is 16.1. The van der Waals surface area contributed by atoms with Crippen LogP contribution in [0.4, 0.5) is 10.5 Å². The Hall–Kier alpha value is -2.31. The zero-order valence-electron chi connectivity index (χ0n) is 13.2. The third-order valence-corrected chi connectivity index (χ3v) is 4.13. The number of benzene rings is 1. The molecule has 0 atom stereocenters. The minimum absolute atomic E-state index is 0.0360. The van der Waals surface area contributed by atoms with Gasteiger partial charge in [-0.1, -0.05) is 0 Å². The highest BCUT2D eigenvalue weighted by molar-refractivity contribution is 5.89. The number of aromatic nitrogens is 1. The summed E-state index contributed by atoms with van der Waals surface area (Å²) in [6.45, 7) is 4.82. The van der Waals surface area contributed by atoms with E-state index < -0.39 is 0 Å². The molecule has 1 aliphatic rings. The molecule has 2 amide bonds. The highest BCUT2D eigenvalue weighted by Gasteiger charge is 2.20. The van der Waals surface area contributed by atoms with Crippen LogP contribution in [0.25, 0.3) is 5.69 Å². The lowest BCUT2D eigenvalue weighted by Crippen LogP contribution is -2.50. The summed E-state index contributed by atoms with van der Waals surface area (Å²) in [6, 6.07) is 11.8. The molecule has 1 aromatic carbocycles. The summed E-state index contributed by atoms with van der Waals surface area (Å²) < 4.78 is 2.03. The second-order valence-corrected chi connectivity index (χ2v) is 5.68. The van der Waals surface area contributed by atoms with Gasteiger partial charge < -0.3 is 20.5 Å². The Morgan fingerprint density at radius 3 is 2.30 bits per heavy atom. The number of anilines is 1. The Labute approximate surface area is 136 Å². The molecule has 3 rings (SSSR count). The first-order valence-corrected chi connectivity index (χ1v) is 7.98. The van der Waals surface area contributed by atoms with E-state index in [9.17, 15) is 4.79 Å². The van der Waals surface area contributed by atoms with Gasteiger partial charge in [0, 0.05) is 63.0 Å². The van der Waals surface area contributed by atoms with Crippen LogP contribution in [-0.2, 0) is 0 Å². The van der Waals surface area contributed by atoms with Crippen LogP contribution in [0.5, 0.6) is 0 Å². The molecule has 0 radical (unpaired) electrons. The summed E-state index contributed by atoms with van der Waals surface area (Å²) in [5, 5.41) is 2.97. The largest absolute Gasteiger partial charge is 0.329 e. The smallest absolute Gasteiger partial charge is 0.321 e. The van der Waals surface area contributed by atoms with Crippen molar-refractivity contribution in [2.24, 2.45) is 5.73 Å². The van der Waals surface area contributed by atoms with Crippen molar-refractivity contribution in [3.63, 3.8) is 0 Å². The molecule has 122 valence electrons. The molecule has 0 aliphatic carbocycles. The van der Waals surface area contributed by atoms with E-state index in [-0.39, 0.29) is 6.03 Å². The fourth-order valence-electron chi connectivity index (χ4n) is 2.78. The average molecular weight is 313 g/mol. The summed E-state index contributed by atoms with van der Waals surface area (Å²) in [4.78, 5) is 16.5. The summed E-state index contributed by atoms with van der Waals surface area (Å²) in [7, 11) is 0. The fraction of sp³-hybridized carbons (Fsp3) is 0.353. The molecule has 0 bridgehead atoms. The van der Waals surface area contributed by atoms with Crippen LogP contribution >= 0.6 is 0 Å². The van der Waals surface area contributed by atoms with Crippen molar-refractivity contribution in [1.29, 1.82) is 0 Å². The van der Waals surface area contributed by atoms with E-state index in [1.165, 1.54) is 0 Å². The monoisotopic (exact) mass is 313 g/mol. The highest BCUT2D eigenvalue weighted by Crippen LogP contribution is 2.14. The van der Waals surface area contributed by atoms with Gasteiger partial charge in [-0.25, -0.2) is 4.79 Å². The first-order chi connectivity index (χ1) is 11.3. The van der Waals surface area contributed by atoms with Crippen molar-refractivity contribution in [2.45, 2.75) is 0 Å². The number of amides is 2. The van der Waals surface area contributed by atoms with E-state index >= 15 is 0 Å². The van der Waals surface area contributed by atoms with Gasteiger partial charge >= 0.3 is 6.03 Å². The van der Waals surface area contributed by atoms with Crippen LogP contribution in [0.3, 0.4) is 0 Å². The number of nitrogens with two attached hydrogens (primary N) is 1. The summed E-state index contributed by atoms with van der Waals surface area (Å²) in [5.74, 6) is 0. The van der Waals surface area contributed by atoms with E-state index in [1.807, 2.05) is 58.3 Å². The molecule has 0 unspecified atom stereocenters. The Kier molecular flexibility index (Phi) is 4.95. The van der Waals surface area contributed by atoms with E-state index in [0.29, 0.717) is 6.54 Å². The van der Waals surface area contributed by atoms with Crippen molar-refractivity contribution in [3.05, 3.63) is 48.8 Å². The molecular formula is C17H23N5O. The maximum absolute atomic E-state index is 12.3. The lowest BCUT2D eigenvalue weighted by molar-refractivity contribution is 0.149. The second kappa shape index (κ2) is 7.30. The lowest BCUT2D eigenvalue weighted by Gasteiger charge is -2.34. The number of carbonyl (C=O) groups is 1. The predicted octanol–water partition coefficient (Wildman–Crippen LogP) is 1.59. The molecule has 23 heavy (non-hydrogen) atoms. The van der Waals surface area contributed by atoms with Crippen LogP contribution in [-0.4, -0.2) is 59.7 Å². The van der Waals surface area contributed by atoms with E-state index in [0.717, 1.165) is 44.1 Å².